The van der Waals surface area contributed by atoms with Gasteiger partial charge in [0.2, 0.25) is 0 Å². The van der Waals surface area contributed by atoms with Crippen molar-refractivity contribution in [2.75, 3.05) is 0 Å². The highest BCUT2D eigenvalue weighted by atomic mass is 19.4. The maximum atomic E-state index is 12.6. The second-order valence-corrected chi connectivity index (χ2v) is 3.58. The van der Waals surface area contributed by atoms with Crippen molar-refractivity contribution in [1.29, 1.82) is 0 Å². The highest BCUT2D eigenvalue weighted by Crippen LogP contribution is 2.37. The van der Waals surface area contributed by atoms with E-state index in [-0.39, 0.29) is 6.07 Å². The predicted octanol–water partition coefficient (Wildman–Crippen LogP) is 1.19. The lowest BCUT2D eigenvalue weighted by Gasteiger charge is -2.15. The van der Waals surface area contributed by atoms with Crippen LogP contribution in [0.5, 0.6) is 5.75 Å². The molecule has 0 fully saturated rings. The van der Waals surface area contributed by atoms with Crippen LogP contribution in [-0.4, -0.2) is 27.3 Å². The van der Waals surface area contributed by atoms with Crippen molar-refractivity contribution in [2.24, 2.45) is 5.73 Å². The summed E-state index contributed by atoms with van der Waals surface area (Å²) in [5.41, 5.74) is 1.75. The van der Waals surface area contributed by atoms with E-state index in [1.807, 2.05) is 0 Å². The first kappa shape index (κ1) is 14.8. The van der Waals surface area contributed by atoms with E-state index in [0.717, 1.165) is 0 Å². The van der Waals surface area contributed by atoms with Crippen molar-refractivity contribution in [3.63, 3.8) is 0 Å². The third-order valence-electron chi connectivity index (χ3n) is 2.30. The molecule has 0 saturated heterocycles. The number of carbonyl (C=O) groups is 2. The van der Waals surface area contributed by atoms with Crippen molar-refractivity contribution >= 4 is 11.9 Å². The molecule has 19 heavy (non-hydrogen) atoms. The zero-order valence-corrected chi connectivity index (χ0v) is 9.10. The highest BCUT2D eigenvalue weighted by Gasteiger charge is 2.37. The number of alkyl halides is 3. The summed E-state index contributed by atoms with van der Waals surface area (Å²) in [6, 6.07) is -1.29. The first-order valence-electron chi connectivity index (χ1n) is 4.71. The first-order valence-corrected chi connectivity index (χ1v) is 4.71. The van der Waals surface area contributed by atoms with Crippen LogP contribution in [0.1, 0.15) is 27.5 Å². The summed E-state index contributed by atoms with van der Waals surface area (Å²) in [5, 5.41) is 26.7. The number of phenolic OH excluding ortho intramolecular Hbond substituents is 1. The number of hydrogen-bond acceptors (Lipinski definition) is 4. The Labute approximate surface area is 103 Å². The first-order chi connectivity index (χ1) is 8.55. The number of nitrogens with two attached hydrogens (primary N) is 1. The van der Waals surface area contributed by atoms with E-state index in [2.05, 4.69) is 0 Å². The summed E-state index contributed by atoms with van der Waals surface area (Å²) in [4.78, 5) is 21.4. The number of hydrogen-bond donors (Lipinski definition) is 4. The molecule has 9 heteroatoms. The molecule has 0 radical (unpaired) electrons. The van der Waals surface area contributed by atoms with Gasteiger partial charge >= 0.3 is 18.1 Å². The Morgan fingerprint density at radius 2 is 1.74 bits per heavy atom. The van der Waals surface area contributed by atoms with Crippen molar-refractivity contribution in [3.05, 3.63) is 28.8 Å². The third-order valence-corrected chi connectivity index (χ3v) is 2.30. The number of aromatic hydroxyl groups is 1. The highest BCUT2D eigenvalue weighted by molar-refractivity contribution is 5.91. The summed E-state index contributed by atoms with van der Waals surface area (Å²) < 4.78 is 37.7. The van der Waals surface area contributed by atoms with E-state index in [0.29, 0.717) is 6.07 Å². The Hall–Kier alpha value is -2.29. The van der Waals surface area contributed by atoms with Crippen LogP contribution < -0.4 is 5.73 Å². The van der Waals surface area contributed by atoms with Crippen molar-refractivity contribution in [1.82, 2.24) is 0 Å². The largest absolute Gasteiger partial charge is 0.508 e. The predicted molar refractivity (Wildman–Crippen MR) is 54.6 cm³/mol. The summed E-state index contributed by atoms with van der Waals surface area (Å²) in [6.45, 7) is 0. The quantitative estimate of drug-likeness (QED) is 0.659. The maximum Gasteiger partial charge on any atom is 0.417 e. The molecule has 0 heterocycles. The molecule has 0 saturated carbocycles. The van der Waals surface area contributed by atoms with E-state index in [4.69, 9.17) is 15.9 Å². The molecule has 1 aromatic carbocycles. The molecule has 1 rings (SSSR count). The minimum atomic E-state index is -5.00. The Kier molecular flexibility index (Phi) is 3.70. The van der Waals surface area contributed by atoms with Gasteiger partial charge in [-0.1, -0.05) is 0 Å². The molecule has 0 aliphatic rings. The number of benzene rings is 1. The van der Waals surface area contributed by atoms with Crippen LogP contribution in [0.3, 0.4) is 0 Å². The SMILES string of the molecule is N[C@H](C(=O)O)c1cc(C(=O)O)c(C(F)(F)F)cc1O. The Balaban J connectivity index is 3.54. The molecule has 1 aromatic rings. The van der Waals surface area contributed by atoms with E-state index in [9.17, 15) is 27.9 Å². The van der Waals surface area contributed by atoms with Gasteiger partial charge in [0.05, 0.1) is 11.1 Å². The smallest absolute Gasteiger partial charge is 0.417 e. The zero-order valence-electron chi connectivity index (χ0n) is 9.10. The lowest BCUT2D eigenvalue weighted by atomic mass is 9.98. The standard InChI is InChI=1S/C10H8F3NO5/c11-10(12,13)5-2-6(15)4(7(14)9(18)19)1-3(5)8(16)17/h1-2,7,15H,14H2,(H,16,17)(H,18,19)/t7-/m0/s1. The Morgan fingerprint density at radius 3 is 2.11 bits per heavy atom. The van der Waals surface area contributed by atoms with Gasteiger partial charge in [-0.15, -0.1) is 0 Å². The molecule has 0 aromatic heterocycles. The summed E-state index contributed by atoms with van der Waals surface area (Å²) in [6.07, 6.45) is -5.00. The van der Waals surface area contributed by atoms with Gasteiger partial charge in [0.1, 0.15) is 11.8 Å². The van der Waals surface area contributed by atoms with E-state index in [1.54, 1.807) is 0 Å². The van der Waals surface area contributed by atoms with Gasteiger partial charge in [0.15, 0.2) is 0 Å². The number of aliphatic carboxylic acids is 1. The van der Waals surface area contributed by atoms with Gasteiger partial charge < -0.3 is 21.1 Å². The Morgan fingerprint density at radius 1 is 1.21 bits per heavy atom. The zero-order chi connectivity index (χ0) is 15.0. The van der Waals surface area contributed by atoms with Crippen LogP contribution in [0, 0.1) is 0 Å². The summed E-state index contributed by atoms with van der Waals surface area (Å²) >= 11 is 0. The average Bonchev–Trinajstić information content (AvgIpc) is 2.25. The average molecular weight is 279 g/mol. The molecule has 104 valence electrons. The molecule has 0 aliphatic carbocycles. The number of phenols is 1. The summed E-state index contributed by atoms with van der Waals surface area (Å²) in [5.74, 6) is -4.57. The van der Waals surface area contributed by atoms with Gasteiger partial charge in [-0.2, -0.15) is 13.2 Å². The third kappa shape index (κ3) is 2.94. The van der Waals surface area contributed by atoms with Gasteiger partial charge in [0.25, 0.3) is 0 Å². The topological polar surface area (TPSA) is 121 Å². The number of carboxylic acid groups (broad SMARTS) is 2. The minimum absolute atomic E-state index is 0.140. The van der Waals surface area contributed by atoms with Crippen LogP contribution in [-0.2, 0) is 11.0 Å². The second kappa shape index (κ2) is 4.76. The fraction of sp³-hybridized carbons (Fsp3) is 0.200. The van der Waals surface area contributed by atoms with Crippen LogP contribution in [0.25, 0.3) is 0 Å². The molecule has 0 spiro atoms. The van der Waals surface area contributed by atoms with E-state index in [1.165, 1.54) is 0 Å². The lowest BCUT2D eigenvalue weighted by Crippen LogP contribution is -2.22. The molecule has 0 bridgehead atoms. The second-order valence-electron chi connectivity index (χ2n) is 3.58. The van der Waals surface area contributed by atoms with Crippen molar-refractivity contribution in [2.45, 2.75) is 12.2 Å². The van der Waals surface area contributed by atoms with Gasteiger partial charge in [-0.3, -0.25) is 4.79 Å². The molecular formula is C10H8F3NO5. The molecule has 0 unspecified atom stereocenters. The fourth-order valence-electron chi connectivity index (χ4n) is 1.40. The molecule has 1 atom stereocenters. The molecule has 6 nitrogen and oxygen atoms in total. The minimum Gasteiger partial charge on any atom is -0.508 e. The van der Waals surface area contributed by atoms with Crippen molar-refractivity contribution in [3.8, 4) is 5.75 Å². The fourth-order valence-corrected chi connectivity index (χ4v) is 1.40. The van der Waals surface area contributed by atoms with Crippen LogP contribution in [0.4, 0.5) is 13.2 Å². The number of rotatable bonds is 3. The van der Waals surface area contributed by atoms with Gasteiger partial charge in [0, 0.05) is 5.56 Å². The maximum absolute atomic E-state index is 12.6. The van der Waals surface area contributed by atoms with Gasteiger partial charge in [-0.05, 0) is 12.1 Å². The summed E-state index contributed by atoms with van der Waals surface area (Å²) in [7, 11) is 0. The molecule has 5 N–H and O–H groups in total. The monoisotopic (exact) mass is 279 g/mol. The number of aromatic carboxylic acids is 1. The van der Waals surface area contributed by atoms with E-state index < -0.39 is 46.6 Å². The lowest BCUT2D eigenvalue weighted by molar-refractivity contribution is -0.138. The van der Waals surface area contributed by atoms with Crippen LogP contribution in [0.15, 0.2) is 12.1 Å². The van der Waals surface area contributed by atoms with Crippen LogP contribution >= 0.6 is 0 Å². The van der Waals surface area contributed by atoms with Crippen molar-refractivity contribution < 1.29 is 38.1 Å². The number of carboxylic acids is 2. The molecule has 0 aliphatic heterocycles. The van der Waals surface area contributed by atoms with E-state index >= 15 is 0 Å². The normalized spacial score (nSPS) is 13.1. The van der Waals surface area contributed by atoms with Gasteiger partial charge in [-0.25, -0.2) is 4.79 Å². The molecular weight excluding hydrogens is 271 g/mol. The number of halogens is 3. The van der Waals surface area contributed by atoms with Crippen LogP contribution in [0.2, 0.25) is 0 Å². The molecule has 0 amide bonds. The Bertz CT molecular complexity index is 541.